The SMILES string of the molecule is CCNC(=O)CN1CCCN(C(=O)c2nnn(-c3cccc(F)c3)c2C(F)(F)F)CC1. The maximum Gasteiger partial charge on any atom is 0.435 e. The standard InChI is InChI=1S/C19H22F4N6O2/c1-2-24-15(30)12-27-7-4-8-28(10-9-27)18(31)16-17(19(21,22)23)29(26-25-16)14-6-3-5-13(20)11-14/h3,5-6,11H,2,4,7-10,12H2,1H3,(H,24,30). The highest BCUT2D eigenvalue weighted by molar-refractivity contribution is 5.93. The molecule has 2 amide bonds. The molecule has 2 heterocycles. The Morgan fingerprint density at radius 1 is 1.16 bits per heavy atom. The van der Waals surface area contributed by atoms with Crippen molar-refractivity contribution in [1.82, 2.24) is 30.1 Å². The van der Waals surface area contributed by atoms with Crippen LogP contribution in [0, 0.1) is 5.82 Å². The van der Waals surface area contributed by atoms with Crippen molar-refractivity contribution in [3.8, 4) is 5.69 Å². The highest BCUT2D eigenvalue weighted by Crippen LogP contribution is 2.33. The Morgan fingerprint density at radius 3 is 2.61 bits per heavy atom. The average molecular weight is 442 g/mol. The number of hydrogen-bond acceptors (Lipinski definition) is 5. The lowest BCUT2D eigenvalue weighted by molar-refractivity contribution is -0.143. The summed E-state index contributed by atoms with van der Waals surface area (Å²) in [6.45, 7) is 3.68. The molecule has 1 aliphatic heterocycles. The summed E-state index contributed by atoms with van der Waals surface area (Å²) in [6.07, 6.45) is -4.44. The Morgan fingerprint density at radius 2 is 1.94 bits per heavy atom. The van der Waals surface area contributed by atoms with E-state index >= 15 is 0 Å². The van der Waals surface area contributed by atoms with E-state index in [0.29, 0.717) is 30.7 Å². The summed E-state index contributed by atoms with van der Waals surface area (Å²) in [5, 5.41) is 9.65. The van der Waals surface area contributed by atoms with E-state index in [2.05, 4.69) is 15.6 Å². The fourth-order valence-electron chi connectivity index (χ4n) is 3.41. The van der Waals surface area contributed by atoms with Gasteiger partial charge in [0.2, 0.25) is 5.91 Å². The van der Waals surface area contributed by atoms with Gasteiger partial charge in [-0.25, -0.2) is 9.07 Å². The number of likely N-dealkylation sites (N-methyl/N-ethyl adjacent to an activating group) is 1. The first-order chi connectivity index (χ1) is 14.7. The first-order valence-electron chi connectivity index (χ1n) is 9.78. The molecule has 0 spiro atoms. The van der Waals surface area contributed by atoms with Crippen molar-refractivity contribution < 1.29 is 27.2 Å². The van der Waals surface area contributed by atoms with E-state index in [0.717, 1.165) is 12.1 Å². The van der Waals surface area contributed by atoms with Gasteiger partial charge in [-0.2, -0.15) is 13.2 Å². The number of nitrogens with zero attached hydrogens (tertiary/aromatic N) is 5. The van der Waals surface area contributed by atoms with E-state index in [9.17, 15) is 27.2 Å². The molecule has 168 valence electrons. The number of alkyl halides is 3. The zero-order valence-electron chi connectivity index (χ0n) is 16.8. The predicted octanol–water partition coefficient (Wildman–Crippen LogP) is 1.71. The molecule has 12 heteroatoms. The second-order valence-corrected chi connectivity index (χ2v) is 7.05. The van der Waals surface area contributed by atoms with Gasteiger partial charge in [-0.05, 0) is 31.5 Å². The smallest absolute Gasteiger partial charge is 0.355 e. The lowest BCUT2D eigenvalue weighted by Gasteiger charge is -2.21. The van der Waals surface area contributed by atoms with Crippen LogP contribution in [0.3, 0.4) is 0 Å². The first kappa shape index (κ1) is 22.7. The van der Waals surface area contributed by atoms with Gasteiger partial charge in [-0.3, -0.25) is 14.5 Å². The Hall–Kier alpha value is -3.02. The van der Waals surface area contributed by atoms with Crippen molar-refractivity contribution in [2.75, 3.05) is 39.3 Å². The molecule has 1 aliphatic rings. The third-order valence-electron chi connectivity index (χ3n) is 4.81. The molecule has 0 bridgehead atoms. The monoisotopic (exact) mass is 442 g/mol. The minimum Gasteiger partial charge on any atom is -0.355 e. The molecule has 0 saturated carbocycles. The molecule has 31 heavy (non-hydrogen) atoms. The third-order valence-corrected chi connectivity index (χ3v) is 4.81. The Balaban J connectivity index is 1.82. The van der Waals surface area contributed by atoms with Crippen LogP contribution in [0.5, 0.6) is 0 Å². The number of aromatic nitrogens is 3. The first-order valence-corrected chi connectivity index (χ1v) is 9.78. The van der Waals surface area contributed by atoms with E-state index in [1.807, 2.05) is 4.90 Å². The van der Waals surface area contributed by atoms with Crippen molar-refractivity contribution in [3.63, 3.8) is 0 Å². The van der Waals surface area contributed by atoms with Crippen LogP contribution in [-0.4, -0.2) is 75.9 Å². The van der Waals surface area contributed by atoms with Gasteiger partial charge in [0.05, 0.1) is 12.2 Å². The quantitative estimate of drug-likeness (QED) is 0.713. The zero-order valence-corrected chi connectivity index (χ0v) is 16.8. The molecule has 0 unspecified atom stereocenters. The van der Waals surface area contributed by atoms with Gasteiger partial charge in [0.1, 0.15) is 5.82 Å². The lowest BCUT2D eigenvalue weighted by Crippen LogP contribution is -2.40. The maximum atomic E-state index is 13.8. The van der Waals surface area contributed by atoms with Crippen LogP contribution < -0.4 is 5.32 Å². The summed E-state index contributed by atoms with van der Waals surface area (Å²) in [4.78, 5) is 27.8. The minimum absolute atomic E-state index is 0.141. The van der Waals surface area contributed by atoms with Crippen LogP contribution in [0.2, 0.25) is 0 Å². The predicted molar refractivity (Wildman–Crippen MR) is 102 cm³/mol. The van der Waals surface area contributed by atoms with Crippen LogP contribution in [-0.2, 0) is 11.0 Å². The van der Waals surface area contributed by atoms with E-state index in [1.54, 1.807) is 6.92 Å². The number of rotatable bonds is 5. The van der Waals surface area contributed by atoms with Crippen molar-refractivity contribution in [1.29, 1.82) is 0 Å². The highest BCUT2D eigenvalue weighted by Gasteiger charge is 2.43. The molecule has 2 aromatic rings. The number of amides is 2. The van der Waals surface area contributed by atoms with Crippen LogP contribution in [0.4, 0.5) is 17.6 Å². The molecule has 1 aromatic carbocycles. The molecule has 0 aliphatic carbocycles. The number of carbonyl (C=O) groups excluding carboxylic acids is 2. The molecule has 1 saturated heterocycles. The van der Waals surface area contributed by atoms with Crippen molar-refractivity contribution in [2.45, 2.75) is 19.5 Å². The third kappa shape index (κ3) is 5.37. The molecule has 1 aromatic heterocycles. The Kier molecular flexibility index (Phi) is 6.88. The van der Waals surface area contributed by atoms with E-state index in [1.165, 1.54) is 17.0 Å². The molecule has 8 nitrogen and oxygen atoms in total. The van der Waals surface area contributed by atoms with Gasteiger partial charge < -0.3 is 10.2 Å². The molecule has 3 rings (SSSR count). The van der Waals surface area contributed by atoms with E-state index in [-0.39, 0.29) is 31.2 Å². The van der Waals surface area contributed by atoms with Crippen LogP contribution in [0.15, 0.2) is 24.3 Å². The maximum absolute atomic E-state index is 13.8. The summed E-state index contributed by atoms with van der Waals surface area (Å²) in [5.74, 6) is -1.80. The van der Waals surface area contributed by atoms with Crippen LogP contribution in [0.25, 0.3) is 5.69 Å². The normalized spacial score (nSPS) is 15.6. The molecule has 0 atom stereocenters. The number of hydrogen-bond donors (Lipinski definition) is 1. The summed E-state index contributed by atoms with van der Waals surface area (Å²) in [7, 11) is 0. The number of carbonyl (C=O) groups is 2. The molecule has 1 fully saturated rings. The van der Waals surface area contributed by atoms with Crippen LogP contribution in [0.1, 0.15) is 29.5 Å². The average Bonchev–Trinajstić information content (AvgIpc) is 3.03. The zero-order chi connectivity index (χ0) is 22.6. The topological polar surface area (TPSA) is 83.4 Å². The van der Waals surface area contributed by atoms with Gasteiger partial charge in [-0.1, -0.05) is 11.3 Å². The molecular weight excluding hydrogens is 420 g/mol. The van der Waals surface area contributed by atoms with E-state index < -0.39 is 29.3 Å². The van der Waals surface area contributed by atoms with Crippen molar-refractivity contribution >= 4 is 11.8 Å². The fraction of sp³-hybridized carbons (Fsp3) is 0.474. The highest BCUT2D eigenvalue weighted by atomic mass is 19.4. The molecule has 0 radical (unpaired) electrons. The summed E-state index contributed by atoms with van der Waals surface area (Å²) in [5.41, 5.74) is -2.39. The van der Waals surface area contributed by atoms with E-state index in [4.69, 9.17) is 0 Å². The van der Waals surface area contributed by atoms with Crippen LogP contribution >= 0.6 is 0 Å². The second kappa shape index (κ2) is 9.41. The van der Waals surface area contributed by atoms with Crippen molar-refractivity contribution in [3.05, 3.63) is 41.5 Å². The van der Waals surface area contributed by atoms with Crippen molar-refractivity contribution in [2.24, 2.45) is 0 Å². The minimum atomic E-state index is -4.93. The van der Waals surface area contributed by atoms with Gasteiger partial charge in [-0.15, -0.1) is 5.10 Å². The van der Waals surface area contributed by atoms with Gasteiger partial charge >= 0.3 is 6.18 Å². The second-order valence-electron chi connectivity index (χ2n) is 7.05. The van der Waals surface area contributed by atoms with Gasteiger partial charge in [0.15, 0.2) is 11.4 Å². The fourth-order valence-corrected chi connectivity index (χ4v) is 3.41. The summed E-state index contributed by atoms with van der Waals surface area (Å²) in [6, 6.07) is 4.45. The Bertz CT molecular complexity index is 946. The molecule has 1 N–H and O–H groups in total. The Labute approximate surface area is 175 Å². The summed E-state index contributed by atoms with van der Waals surface area (Å²) < 4.78 is 55.3. The van der Waals surface area contributed by atoms with Gasteiger partial charge in [0, 0.05) is 32.7 Å². The molecular formula is C19H22F4N6O2. The number of benzene rings is 1. The summed E-state index contributed by atoms with van der Waals surface area (Å²) >= 11 is 0. The van der Waals surface area contributed by atoms with Gasteiger partial charge in [0.25, 0.3) is 5.91 Å². The lowest BCUT2D eigenvalue weighted by atomic mass is 10.2. The number of nitrogens with one attached hydrogen (secondary N) is 1. The largest absolute Gasteiger partial charge is 0.435 e. The number of halogens is 4.